The van der Waals surface area contributed by atoms with Gasteiger partial charge in [-0.15, -0.1) is 0 Å². The SMILES string of the molecule is Cc1cc(CN2CCc3nc(C4CC4)ncc3C2)cnc1F. The van der Waals surface area contributed by atoms with Crippen molar-refractivity contribution in [3.8, 4) is 0 Å². The summed E-state index contributed by atoms with van der Waals surface area (Å²) in [5.41, 5.74) is 4.09. The van der Waals surface area contributed by atoms with E-state index in [-0.39, 0.29) is 5.95 Å². The lowest BCUT2D eigenvalue weighted by atomic mass is 10.1. The van der Waals surface area contributed by atoms with Crippen LogP contribution in [0.3, 0.4) is 0 Å². The number of hydrogen-bond donors (Lipinski definition) is 0. The zero-order valence-electron chi connectivity index (χ0n) is 12.7. The Morgan fingerprint density at radius 2 is 2.14 bits per heavy atom. The van der Waals surface area contributed by atoms with Crippen molar-refractivity contribution in [2.24, 2.45) is 0 Å². The molecular weight excluding hydrogens is 279 g/mol. The quantitative estimate of drug-likeness (QED) is 0.817. The molecule has 114 valence electrons. The van der Waals surface area contributed by atoms with Crippen LogP contribution in [-0.4, -0.2) is 26.4 Å². The largest absolute Gasteiger partial charge is 0.294 e. The van der Waals surface area contributed by atoms with Gasteiger partial charge in [0.25, 0.3) is 0 Å². The molecule has 2 aromatic heterocycles. The van der Waals surface area contributed by atoms with E-state index >= 15 is 0 Å². The maximum atomic E-state index is 13.2. The van der Waals surface area contributed by atoms with Gasteiger partial charge in [-0.25, -0.2) is 15.0 Å². The standard InChI is InChI=1S/C17H19FN4/c1-11-6-12(7-19-16(11)18)9-22-5-4-15-14(10-22)8-20-17(21-15)13-2-3-13/h6-8,13H,2-5,9-10H2,1H3. The molecule has 0 aromatic carbocycles. The van der Waals surface area contributed by atoms with Crippen molar-refractivity contribution in [3.05, 3.63) is 52.6 Å². The summed E-state index contributed by atoms with van der Waals surface area (Å²) in [7, 11) is 0. The average Bonchev–Trinajstić information content (AvgIpc) is 3.35. The van der Waals surface area contributed by atoms with Gasteiger partial charge in [0.05, 0.1) is 0 Å². The molecule has 0 atom stereocenters. The molecule has 0 N–H and O–H groups in total. The van der Waals surface area contributed by atoms with Crippen molar-refractivity contribution in [2.45, 2.75) is 45.2 Å². The van der Waals surface area contributed by atoms with Crippen molar-refractivity contribution in [1.82, 2.24) is 19.9 Å². The predicted molar refractivity (Wildman–Crippen MR) is 80.8 cm³/mol. The first-order valence-corrected chi connectivity index (χ1v) is 7.87. The minimum absolute atomic E-state index is 0.381. The van der Waals surface area contributed by atoms with Gasteiger partial charge in [-0.3, -0.25) is 4.90 Å². The normalized spacial score (nSPS) is 18.3. The van der Waals surface area contributed by atoms with E-state index in [1.165, 1.54) is 24.1 Å². The zero-order valence-corrected chi connectivity index (χ0v) is 12.7. The molecule has 1 saturated carbocycles. The summed E-state index contributed by atoms with van der Waals surface area (Å²) in [6.45, 7) is 4.38. The number of hydrogen-bond acceptors (Lipinski definition) is 4. The van der Waals surface area contributed by atoms with Gasteiger partial charge in [0.2, 0.25) is 5.95 Å². The monoisotopic (exact) mass is 298 g/mol. The molecule has 0 saturated heterocycles. The van der Waals surface area contributed by atoms with Crippen molar-refractivity contribution in [3.63, 3.8) is 0 Å². The number of rotatable bonds is 3. The van der Waals surface area contributed by atoms with Gasteiger partial charge in [-0.05, 0) is 31.4 Å². The minimum atomic E-state index is -0.381. The lowest BCUT2D eigenvalue weighted by molar-refractivity contribution is 0.242. The van der Waals surface area contributed by atoms with E-state index in [1.54, 1.807) is 13.1 Å². The summed E-state index contributed by atoms with van der Waals surface area (Å²) in [5.74, 6) is 1.26. The third-order valence-electron chi connectivity index (χ3n) is 4.45. The number of aryl methyl sites for hydroxylation is 1. The van der Waals surface area contributed by atoms with E-state index in [4.69, 9.17) is 4.98 Å². The highest BCUT2D eigenvalue weighted by Gasteiger charge is 2.28. The fraction of sp³-hybridized carbons (Fsp3) is 0.471. The van der Waals surface area contributed by atoms with Crippen LogP contribution >= 0.6 is 0 Å². The highest BCUT2D eigenvalue weighted by atomic mass is 19.1. The molecule has 0 radical (unpaired) electrons. The van der Waals surface area contributed by atoms with Gasteiger partial charge in [0.15, 0.2) is 0 Å². The molecule has 0 amide bonds. The van der Waals surface area contributed by atoms with Crippen LogP contribution in [0.15, 0.2) is 18.5 Å². The third kappa shape index (κ3) is 2.73. The molecule has 1 fully saturated rings. The summed E-state index contributed by atoms with van der Waals surface area (Å²) < 4.78 is 13.2. The van der Waals surface area contributed by atoms with Gasteiger partial charge in [0, 0.05) is 61.2 Å². The minimum Gasteiger partial charge on any atom is -0.294 e. The van der Waals surface area contributed by atoms with Crippen LogP contribution in [0.25, 0.3) is 0 Å². The first-order chi connectivity index (χ1) is 10.7. The predicted octanol–water partition coefficient (Wildman–Crippen LogP) is 2.75. The molecule has 1 aliphatic carbocycles. The van der Waals surface area contributed by atoms with E-state index < -0.39 is 0 Å². The zero-order chi connectivity index (χ0) is 15.1. The number of aromatic nitrogens is 3. The van der Waals surface area contributed by atoms with Crippen LogP contribution in [0.5, 0.6) is 0 Å². The van der Waals surface area contributed by atoms with E-state index in [0.717, 1.165) is 37.4 Å². The molecule has 3 heterocycles. The van der Waals surface area contributed by atoms with Gasteiger partial charge in [-0.2, -0.15) is 4.39 Å². The first-order valence-electron chi connectivity index (χ1n) is 7.87. The number of halogens is 1. The molecule has 1 aliphatic heterocycles. The fourth-order valence-electron chi connectivity index (χ4n) is 3.02. The Bertz CT molecular complexity index is 712. The Kier molecular flexibility index (Phi) is 3.37. The van der Waals surface area contributed by atoms with Gasteiger partial charge in [-0.1, -0.05) is 0 Å². The molecule has 22 heavy (non-hydrogen) atoms. The molecule has 5 heteroatoms. The second-order valence-electron chi connectivity index (χ2n) is 6.39. The van der Waals surface area contributed by atoms with Crippen LogP contribution in [0.1, 0.15) is 47.0 Å². The summed E-state index contributed by atoms with van der Waals surface area (Å²) in [5, 5.41) is 0. The lowest BCUT2D eigenvalue weighted by Gasteiger charge is -2.28. The number of pyridine rings is 1. The van der Waals surface area contributed by atoms with Crippen LogP contribution < -0.4 is 0 Å². The Morgan fingerprint density at radius 1 is 1.27 bits per heavy atom. The molecule has 4 nitrogen and oxygen atoms in total. The molecule has 2 aliphatic rings. The van der Waals surface area contributed by atoms with Crippen LogP contribution in [0, 0.1) is 12.9 Å². The van der Waals surface area contributed by atoms with E-state index in [9.17, 15) is 4.39 Å². The summed E-state index contributed by atoms with van der Waals surface area (Å²) in [6, 6.07) is 1.88. The molecule has 0 unspecified atom stereocenters. The molecule has 2 aromatic rings. The summed E-state index contributed by atoms with van der Waals surface area (Å²) in [4.78, 5) is 15.4. The molecular formula is C17H19FN4. The van der Waals surface area contributed by atoms with Gasteiger partial charge < -0.3 is 0 Å². The fourth-order valence-corrected chi connectivity index (χ4v) is 3.02. The maximum Gasteiger partial charge on any atom is 0.215 e. The third-order valence-corrected chi connectivity index (χ3v) is 4.45. The second kappa shape index (κ2) is 5.39. The van der Waals surface area contributed by atoms with Crippen LogP contribution in [0.4, 0.5) is 4.39 Å². The van der Waals surface area contributed by atoms with Crippen molar-refractivity contribution < 1.29 is 4.39 Å². The van der Waals surface area contributed by atoms with E-state index in [0.29, 0.717) is 11.5 Å². The first kappa shape index (κ1) is 13.8. The average molecular weight is 298 g/mol. The number of fused-ring (bicyclic) bond motifs is 1. The maximum absolute atomic E-state index is 13.2. The molecule has 0 spiro atoms. The Morgan fingerprint density at radius 3 is 2.91 bits per heavy atom. The van der Waals surface area contributed by atoms with Gasteiger partial charge in [0.1, 0.15) is 5.82 Å². The van der Waals surface area contributed by atoms with Crippen LogP contribution in [-0.2, 0) is 19.5 Å². The lowest BCUT2D eigenvalue weighted by Crippen LogP contribution is -2.31. The Labute approximate surface area is 129 Å². The Hall–Kier alpha value is -1.88. The molecule has 4 rings (SSSR count). The van der Waals surface area contributed by atoms with Crippen molar-refractivity contribution in [2.75, 3.05) is 6.54 Å². The summed E-state index contributed by atoms with van der Waals surface area (Å²) >= 11 is 0. The van der Waals surface area contributed by atoms with E-state index in [2.05, 4.69) is 14.9 Å². The number of nitrogens with zero attached hydrogens (tertiary/aromatic N) is 4. The molecule has 0 bridgehead atoms. The smallest absolute Gasteiger partial charge is 0.215 e. The van der Waals surface area contributed by atoms with E-state index in [1.807, 2.05) is 12.3 Å². The second-order valence-corrected chi connectivity index (χ2v) is 6.39. The topological polar surface area (TPSA) is 41.9 Å². The van der Waals surface area contributed by atoms with Crippen LogP contribution in [0.2, 0.25) is 0 Å². The Balaban J connectivity index is 1.48. The van der Waals surface area contributed by atoms with Crippen molar-refractivity contribution >= 4 is 0 Å². The highest BCUT2D eigenvalue weighted by Crippen LogP contribution is 2.38. The summed E-state index contributed by atoms with van der Waals surface area (Å²) in [6.07, 6.45) is 7.07. The van der Waals surface area contributed by atoms with Crippen molar-refractivity contribution in [1.29, 1.82) is 0 Å². The van der Waals surface area contributed by atoms with Gasteiger partial charge >= 0.3 is 0 Å². The highest BCUT2D eigenvalue weighted by molar-refractivity contribution is 5.24.